The number of rotatable bonds is 9. The summed E-state index contributed by atoms with van der Waals surface area (Å²) in [5.74, 6) is -1.38. The number of carboxylic acid groups (broad SMARTS) is 1. The van der Waals surface area contributed by atoms with Gasteiger partial charge in [0.15, 0.2) is 0 Å². The molecule has 1 fully saturated rings. The minimum absolute atomic E-state index is 0.165. The molecule has 1 aliphatic carbocycles. The molecule has 122 valence electrons. The van der Waals surface area contributed by atoms with Crippen LogP contribution in [0.5, 0.6) is 0 Å². The van der Waals surface area contributed by atoms with Crippen LogP contribution < -0.4 is 10.6 Å². The van der Waals surface area contributed by atoms with Crippen molar-refractivity contribution < 1.29 is 19.4 Å². The molecule has 0 heterocycles. The second-order valence-electron chi connectivity index (χ2n) is 5.59. The number of hydrogen-bond acceptors (Lipinski definition) is 3. The second kappa shape index (κ2) is 10.4. The van der Waals surface area contributed by atoms with Crippen molar-refractivity contribution in [3.8, 4) is 0 Å². The molecule has 0 aliphatic heterocycles. The van der Waals surface area contributed by atoms with Gasteiger partial charge in [-0.05, 0) is 19.3 Å². The lowest BCUT2D eigenvalue weighted by atomic mass is 9.98. The van der Waals surface area contributed by atoms with E-state index >= 15 is 0 Å². The lowest BCUT2D eigenvalue weighted by Gasteiger charge is -2.22. The molecule has 0 aromatic rings. The van der Waals surface area contributed by atoms with Crippen LogP contribution in [0.25, 0.3) is 0 Å². The first-order valence-electron chi connectivity index (χ1n) is 7.99. The Morgan fingerprint density at radius 3 is 2.57 bits per heavy atom. The van der Waals surface area contributed by atoms with Crippen LogP contribution in [0.4, 0.5) is 4.79 Å². The van der Waals surface area contributed by atoms with E-state index in [0.29, 0.717) is 25.7 Å². The third-order valence-electron chi connectivity index (χ3n) is 3.79. The van der Waals surface area contributed by atoms with E-state index in [0.717, 1.165) is 19.3 Å². The Morgan fingerprint density at radius 2 is 1.95 bits per heavy atom. The van der Waals surface area contributed by atoms with E-state index in [2.05, 4.69) is 10.6 Å². The van der Waals surface area contributed by atoms with Crippen LogP contribution in [-0.4, -0.2) is 42.9 Å². The summed E-state index contributed by atoms with van der Waals surface area (Å²) in [6, 6.07) is -0.329. The molecule has 6 heteroatoms. The molecule has 21 heavy (non-hydrogen) atoms. The number of amides is 2. The van der Waals surface area contributed by atoms with E-state index in [1.165, 1.54) is 19.3 Å². The van der Waals surface area contributed by atoms with Gasteiger partial charge in [0.05, 0.1) is 18.6 Å². The molecule has 1 saturated carbocycles. The first-order valence-corrected chi connectivity index (χ1v) is 7.99. The van der Waals surface area contributed by atoms with Crippen LogP contribution in [0.3, 0.4) is 0 Å². The first kappa shape index (κ1) is 17.8. The minimum atomic E-state index is -0.863. The quantitative estimate of drug-likeness (QED) is 0.569. The molecule has 0 aromatic heterocycles. The fraction of sp³-hybridized carbons (Fsp3) is 0.867. The Kier molecular flexibility index (Phi) is 8.82. The summed E-state index contributed by atoms with van der Waals surface area (Å²) in [5.41, 5.74) is 0. The van der Waals surface area contributed by atoms with Gasteiger partial charge < -0.3 is 20.5 Å². The maximum atomic E-state index is 11.6. The lowest BCUT2D eigenvalue weighted by Crippen LogP contribution is -2.41. The van der Waals surface area contributed by atoms with E-state index in [-0.39, 0.29) is 12.6 Å². The van der Waals surface area contributed by atoms with Gasteiger partial charge in [-0.25, -0.2) is 4.79 Å². The zero-order chi connectivity index (χ0) is 15.5. The van der Waals surface area contributed by atoms with Crippen LogP contribution in [0, 0.1) is 5.92 Å². The standard InChI is InChI=1S/C15H28N2O4/c1-2-6-12(14(18)19)11-17-15(20)16-9-10-21-13-7-4-3-5-8-13/h12-13H,2-11H2,1H3,(H,18,19)(H2,16,17,20). The van der Waals surface area contributed by atoms with E-state index in [1.54, 1.807) is 0 Å². The lowest BCUT2D eigenvalue weighted by molar-refractivity contribution is -0.141. The maximum absolute atomic E-state index is 11.6. The third kappa shape index (κ3) is 7.90. The summed E-state index contributed by atoms with van der Waals surface area (Å²) in [6.07, 6.45) is 7.68. The first-order chi connectivity index (χ1) is 10.1. The smallest absolute Gasteiger partial charge is 0.314 e. The number of nitrogens with one attached hydrogen (secondary N) is 2. The van der Waals surface area contributed by atoms with Crippen LogP contribution in [0.15, 0.2) is 0 Å². The number of urea groups is 1. The highest BCUT2D eigenvalue weighted by Crippen LogP contribution is 2.19. The number of hydrogen-bond donors (Lipinski definition) is 3. The molecule has 0 bridgehead atoms. The highest BCUT2D eigenvalue weighted by molar-refractivity contribution is 5.75. The predicted molar refractivity (Wildman–Crippen MR) is 80.3 cm³/mol. The SMILES string of the molecule is CCCC(CNC(=O)NCCOC1CCCCC1)C(=O)O. The molecule has 0 spiro atoms. The van der Waals surface area contributed by atoms with Crippen molar-refractivity contribution in [3.63, 3.8) is 0 Å². The summed E-state index contributed by atoms with van der Waals surface area (Å²) < 4.78 is 5.70. The minimum Gasteiger partial charge on any atom is -0.481 e. The van der Waals surface area contributed by atoms with Crippen molar-refractivity contribution in [2.24, 2.45) is 5.92 Å². The molecule has 1 aliphatic rings. The predicted octanol–water partition coefficient (Wildman–Crippen LogP) is 2.14. The monoisotopic (exact) mass is 300 g/mol. The number of ether oxygens (including phenoxy) is 1. The zero-order valence-corrected chi connectivity index (χ0v) is 12.9. The number of carbonyl (C=O) groups is 2. The van der Waals surface area contributed by atoms with Crippen molar-refractivity contribution in [1.29, 1.82) is 0 Å². The molecule has 6 nitrogen and oxygen atoms in total. The van der Waals surface area contributed by atoms with Crippen molar-refractivity contribution in [2.75, 3.05) is 19.7 Å². The molecule has 0 aromatic carbocycles. The summed E-state index contributed by atoms with van der Waals surface area (Å²) in [5, 5.41) is 14.3. The zero-order valence-electron chi connectivity index (χ0n) is 12.9. The third-order valence-corrected chi connectivity index (χ3v) is 3.79. The second-order valence-corrected chi connectivity index (χ2v) is 5.59. The summed E-state index contributed by atoms with van der Waals surface area (Å²) in [7, 11) is 0. The Balaban J connectivity index is 2.06. The van der Waals surface area contributed by atoms with Gasteiger partial charge in [-0.3, -0.25) is 4.79 Å². The average Bonchev–Trinajstić information content (AvgIpc) is 2.48. The molecule has 1 rings (SSSR count). The Hall–Kier alpha value is -1.30. The Morgan fingerprint density at radius 1 is 1.24 bits per heavy atom. The fourth-order valence-electron chi connectivity index (χ4n) is 2.56. The highest BCUT2D eigenvalue weighted by Gasteiger charge is 2.17. The molecule has 2 amide bonds. The molecular formula is C15H28N2O4. The van der Waals surface area contributed by atoms with E-state index in [4.69, 9.17) is 9.84 Å². The topological polar surface area (TPSA) is 87.7 Å². The average molecular weight is 300 g/mol. The van der Waals surface area contributed by atoms with Crippen LogP contribution in [0.1, 0.15) is 51.9 Å². The maximum Gasteiger partial charge on any atom is 0.314 e. The number of aliphatic carboxylic acids is 1. The normalized spacial score (nSPS) is 17.2. The van der Waals surface area contributed by atoms with E-state index in [9.17, 15) is 9.59 Å². The van der Waals surface area contributed by atoms with Crippen molar-refractivity contribution in [2.45, 2.75) is 58.0 Å². The summed E-state index contributed by atoms with van der Waals surface area (Å²) in [6.45, 7) is 3.06. The highest BCUT2D eigenvalue weighted by atomic mass is 16.5. The van der Waals surface area contributed by atoms with Crippen molar-refractivity contribution >= 4 is 12.0 Å². The Labute approximate surface area is 126 Å². The largest absolute Gasteiger partial charge is 0.481 e. The van der Waals surface area contributed by atoms with Gasteiger partial charge in [0.1, 0.15) is 0 Å². The van der Waals surface area contributed by atoms with Crippen molar-refractivity contribution in [3.05, 3.63) is 0 Å². The number of carboxylic acids is 1. The summed E-state index contributed by atoms with van der Waals surface area (Å²) >= 11 is 0. The molecule has 1 unspecified atom stereocenters. The van der Waals surface area contributed by atoms with Gasteiger partial charge in [-0.1, -0.05) is 32.6 Å². The van der Waals surface area contributed by atoms with Gasteiger partial charge in [0.25, 0.3) is 0 Å². The molecule has 0 radical (unpaired) electrons. The molecule has 1 atom stereocenters. The fourth-order valence-corrected chi connectivity index (χ4v) is 2.56. The Bertz CT molecular complexity index is 317. The van der Waals surface area contributed by atoms with Crippen LogP contribution in [0.2, 0.25) is 0 Å². The van der Waals surface area contributed by atoms with Gasteiger partial charge in [-0.2, -0.15) is 0 Å². The number of carbonyl (C=O) groups excluding carboxylic acids is 1. The van der Waals surface area contributed by atoms with Gasteiger partial charge in [-0.15, -0.1) is 0 Å². The molecule has 0 saturated heterocycles. The van der Waals surface area contributed by atoms with Crippen molar-refractivity contribution in [1.82, 2.24) is 10.6 Å². The van der Waals surface area contributed by atoms with Crippen LogP contribution in [-0.2, 0) is 9.53 Å². The van der Waals surface area contributed by atoms with E-state index < -0.39 is 11.9 Å². The molecular weight excluding hydrogens is 272 g/mol. The van der Waals surface area contributed by atoms with Crippen LogP contribution >= 0.6 is 0 Å². The van der Waals surface area contributed by atoms with Gasteiger partial charge >= 0.3 is 12.0 Å². The molecule has 3 N–H and O–H groups in total. The van der Waals surface area contributed by atoms with Gasteiger partial charge in [0.2, 0.25) is 0 Å². The van der Waals surface area contributed by atoms with E-state index in [1.807, 2.05) is 6.92 Å². The summed E-state index contributed by atoms with van der Waals surface area (Å²) in [4.78, 5) is 22.5. The van der Waals surface area contributed by atoms with Gasteiger partial charge in [0, 0.05) is 13.1 Å².